The van der Waals surface area contributed by atoms with Gasteiger partial charge in [-0.1, -0.05) is 44.2 Å². The Kier molecular flexibility index (Phi) is 10.3. The minimum atomic E-state index is -6.05. The largest absolute Gasteiger partial charge is 0.435 e. The van der Waals surface area contributed by atoms with E-state index in [1.807, 2.05) is 37.7 Å². The standard InChI is InChI=1S/C10H12FNS.C9H5F7.C2H6/c11-8-1-3-9(4-2-8)13-10-5-6-12-7-10;10-7(8(11,12)13,9(14,15)16)6-4-2-1-3-5-6;1-2/h1-4,10,12H,5-7H2;1-5H;1-2H3. The summed E-state index contributed by atoms with van der Waals surface area (Å²) in [4.78, 5) is 1.16. The van der Waals surface area contributed by atoms with Crippen LogP contribution in [0.5, 0.6) is 0 Å². The van der Waals surface area contributed by atoms with E-state index in [9.17, 15) is 35.1 Å². The number of benzene rings is 2. The molecule has 2 aromatic carbocycles. The number of alkyl halides is 7. The zero-order chi connectivity index (χ0) is 23.7. The molecule has 0 saturated carbocycles. The molecular weight excluding hydrogens is 450 g/mol. The highest BCUT2D eigenvalue weighted by atomic mass is 32.2. The van der Waals surface area contributed by atoms with Crippen LogP contribution >= 0.6 is 11.8 Å². The van der Waals surface area contributed by atoms with Crippen LogP contribution in [0, 0.1) is 5.82 Å². The van der Waals surface area contributed by atoms with Crippen molar-refractivity contribution < 1.29 is 35.1 Å². The van der Waals surface area contributed by atoms with Crippen molar-refractivity contribution in [1.29, 1.82) is 0 Å². The Morgan fingerprint density at radius 3 is 1.74 bits per heavy atom. The molecule has 0 radical (unpaired) electrons. The third-order valence-electron chi connectivity index (χ3n) is 4.08. The van der Waals surface area contributed by atoms with Gasteiger partial charge in [0.05, 0.1) is 0 Å². The molecule has 0 aromatic heterocycles. The van der Waals surface area contributed by atoms with Crippen LogP contribution in [0.25, 0.3) is 0 Å². The topological polar surface area (TPSA) is 12.0 Å². The van der Waals surface area contributed by atoms with Gasteiger partial charge < -0.3 is 5.32 Å². The fourth-order valence-corrected chi connectivity index (χ4v) is 3.71. The Hall–Kier alpha value is -1.81. The van der Waals surface area contributed by atoms with Gasteiger partial charge in [0, 0.05) is 22.3 Å². The van der Waals surface area contributed by atoms with E-state index in [1.165, 1.54) is 24.6 Å². The van der Waals surface area contributed by atoms with Crippen LogP contribution in [0.15, 0.2) is 59.5 Å². The molecule has 0 spiro atoms. The third kappa shape index (κ3) is 7.38. The van der Waals surface area contributed by atoms with Gasteiger partial charge in [0.25, 0.3) is 0 Å². The first kappa shape index (κ1) is 27.2. The predicted molar refractivity (Wildman–Crippen MR) is 106 cm³/mol. The Morgan fingerprint density at radius 1 is 0.806 bits per heavy atom. The Labute approximate surface area is 180 Å². The molecule has 1 atom stereocenters. The van der Waals surface area contributed by atoms with E-state index < -0.39 is 23.6 Å². The smallest absolute Gasteiger partial charge is 0.316 e. The SMILES string of the molecule is CC.FC(F)(F)C(F)(c1ccccc1)C(F)(F)F.Fc1ccc(SC2CCNC2)cc1. The molecule has 2 aromatic rings. The molecule has 1 nitrogen and oxygen atoms in total. The minimum absolute atomic E-state index is 0.158. The van der Waals surface area contributed by atoms with Gasteiger partial charge in [0.1, 0.15) is 5.82 Å². The number of rotatable bonds is 3. The zero-order valence-corrected chi connectivity index (χ0v) is 17.6. The lowest BCUT2D eigenvalue weighted by atomic mass is 9.94. The van der Waals surface area contributed by atoms with Crippen molar-refractivity contribution in [3.8, 4) is 0 Å². The first-order chi connectivity index (χ1) is 14.4. The first-order valence-corrected chi connectivity index (χ1v) is 10.3. The molecule has 174 valence electrons. The van der Waals surface area contributed by atoms with Crippen LogP contribution < -0.4 is 5.32 Å². The summed E-state index contributed by atoms with van der Waals surface area (Å²) in [6.07, 6.45) is -10.9. The molecule has 0 bridgehead atoms. The van der Waals surface area contributed by atoms with Crippen LogP contribution in [0.1, 0.15) is 25.8 Å². The van der Waals surface area contributed by atoms with E-state index >= 15 is 0 Å². The first-order valence-electron chi connectivity index (χ1n) is 9.46. The Bertz CT molecular complexity index is 740. The van der Waals surface area contributed by atoms with Crippen molar-refractivity contribution >= 4 is 11.8 Å². The van der Waals surface area contributed by atoms with Crippen molar-refractivity contribution in [2.24, 2.45) is 0 Å². The van der Waals surface area contributed by atoms with E-state index in [0.29, 0.717) is 17.4 Å². The Balaban J connectivity index is 0.000000291. The molecule has 1 heterocycles. The monoisotopic (exact) mass is 473 g/mol. The summed E-state index contributed by atoms with van der Waals surface area (Å²) in [5, 5.41) is 3.97. The van der Waals surface area contributed by atoms with Gasteiger partial charge in [-0.05, 0) is 37.2 Å². The van der Waals surface area contributed by atoms with Gasteiger partial charge in [-0.15, -0.1) is 11.8 Å². The summed E-state index contributed by atoms with van der Waals surface area (Å²) in [5.74, 6) is -0.158. The lowest BCUT2D eigenvalue weighted by Gasteiger charge is -2.30. The van der Waals surface area contributed by atoms with Gasteiger partial charge in [0.2, 0.25) is 0 Å². The molecule has 1 fully saturated rings. The highest BCUT2D eigenvalue weighted by Gasteiger charge is 2.73. The fourth-order valence-electron chi connectivity index (χ4n) is 2.59. The minimum Gasteiger partial charge on any atom is -0.316 e. The predicted octanol–water partition coefficient (Wildman–Crippen LogP) is 7.28. The molecule has 1 aliphatic heterocycles. The normalized spacial score (nSPS) is 16.6. The zero-order valence-electron chi connectivity index (χ0n) is 16.8. The highest BCUT2D eigenvalue weighted by molar-refractivity contribution is 8.00. The molecule has 10 heteroatoms. The molecule has 3 rings (SSSR count). The molecule has 1 unspecified atom stereocenters. The summed E-state index contributed by atoms with van der Waals surface area (Å²) in [7, 11) is 0. The summed E-state index contributed by atoms with van der Waals surface area (Å²) in [6, 6.07) is 10.6. The lowest BCUT2D eigenvalue weighted by Crippen LogP contribution is -2.50. The molecule has 1 N–H and O–H groups in total. The fraction of sp³-hybridized carbons (Fsp3) is 0.429. The van der Waals surface area contributed by atoms with Crippen molar-refractivity contribution in [3.05, 3.63) is 66.0 Å². The van der Waals surface area contributed by atoms with Gasteiger partial charge in [-0.3, -0.25) is 0 Å². The van der Waals surface area contributed by atoms with E-state index in [0.717, 1.165) is 30.1 Å². The summed E-state index contributed by atoms with van der Waals surface area (Å²) in [5.41, 5.74) is -6.81. The van der Waals surface area contributed by atoms with E-state index in [2.05, 4.69) is 5.32 Å². The second-order valence-corrected chi connectivity index (χ2v) is 7.58. The maximum Gasteiger partial charge on any atom is 0.435 e. The van der Waals surface area contributed by atoms with Gasteiger partial charge in [0.15, 0.2) is 0 Å². The second-order valence-electron chi connectivity index (χ2n) is 6.21. The van der Waals surface area contributed by atoms with Gasteiger partial charge in [-0.2, -0.15) is 26.3 Å². The summed E-state index contributed by atoms with van der Waals surface area (Å²) >= 11 is 1.83. The van der Waals surface area contributed by atoms with E-state index in [1.54, 1.807) is 0 Å². The van der Waals surface area contributed by atoms with Crippen LogP contribution in [0.2, 0.25) is 0 Å². The molecular formula is C21H23F8NS. The molecule has 1 aliphatic rings. The summed E-state index contributed by atoms with van der Waals surface area (Å²) < 4.78 is 99.0. The molecule has 31 heavy (non-hydrogen) atoms. The number of hydrogen-bond donors (Lipinski definition) is 1. The number of thioether (sulfide) groups is 1. The number of halogens is 8. The second kappa shape index (κ2) is 11.7. The molecule has 0 aliphatic carbocycles. The maximum absolute atomic E-state index is 13.3. The highest BCUT2D eigenvalue weighted by Crippen LogP contribution is 2.52. The lowest BCUT2D eigenvalue weighted by molar-refractivity contribution is -0.348. The molecule has 0 amide bonds. The average Bonchev–Trinajstić information content (AvgIpc) is 3.23. The maximum atomic E-state index is 13.3. The Morgan fingerprint density at radius 2 is 1.32 bits per heavy atom. The number of nitrogens with one attached hydrogen (secondary N) is 1. The third-order valence-corrected chi connectivity index (χ3v) is 5.36. The van der Waals surface area contributed by atoms with E-state index in [4.69, 9.17) is 0 Å². The van der Waals surface area contributed by atoms with Crippen LogP contribution in [0.4, 0.5) is 35.1 Å². The average molecular weight is 473 g/mol. The van der Waals surface area contributed by atoms with Crippen LogP contribution in [-0.4, -0.2) is 30.7 Å². The quantitative estimate of drug-likeness (QED) is 0.470. The van der Waals surface area contributed by atoms with Crippen molar-refractivity contribution in [2.75, 3.05) is 13.1 Å². The summed E-state index contributed by atoms with van der Waals surface area (Å²) in [6.45, 7) is 6.18. The van der Waals surface area contributed by atoms with Crippen molar-refractivity contribution in [1.82, 2.24) is 5.32 Å². The number of hydrogen-bond acceptors (Lipinski definition) is 2. The van der Waals surface area contributed by atoms with Crippen LogP contribution in [-0.2, 0) is 5.67 Å². The van der Waals surface area contributed by atoms with Gasteiger partial charge in [-0.25, -0.2) is 8.78 Å². The van der Waals surface area contributed by atoms with E-state index in [-0.39, 0.29) is 5.82 Å². The van der Waals surface area contributed by atoms with Crippen LogP contribution in [0.3, 0.4) is 0 Å². The van der Waals surface area contributed by atoms with Crippen molar-refractivity contribution in [3.63, 3.8) is 0 Å². The van der Waals surface area contributed by atoms with Gasteiger partial charge >= 0.3 is 18.0 Å². The molecule has 1 saturated heterocycles. The van der Waals surface area contributed by atoms with Crippen molar-refractivity contribution in [2.45, 2.75) is 48.4 Å².